The van der Waals surface area contributed by atoms with Crippen molar-refractivity contribution in [1.82, 2.24) is 4.98 Å². The van der Waals surface area contributed by atoms with Crippen LogP contribution in [0.1, 0.15) is 40.4 Å². The predicted molar refractivity (Wildman–Crippen MR) is 116 cm³/mol. The Bertz CT molecular complexity index is 1110. The van der Waals surface area contributed by atoms with Gasteiger partial charge in [-0.25, -0.2) is 9.78 Å². The van der Waals surface area contributed by atoms with E-state index in [0.29, 0.717) is 5.56 Å². The van der Waals surface area contributed by atoms with Crippen molar-refractivity contribution in [2.75, 3.05) is 4.72 Å². The van der Waals surface area contributed by atoms with Crippen LogP contribution in [0.3, 0.4) is 0 Å². The van der Waals surface area contributed by atoms with Crippen molar-refractivity contribution in [2.24, 2.45) is 0 Å². The van der Waals surface area contributed by atoms with Gasteiger partial charge in [0.15, 0.2) is 5.03 Å². The van der Waals surface area contributed by atoms with Gasteiger partial charge in [0, 0.05) is 6.20 Å². The molecule has 3 rings (SSSR count). The highest BCUT2D eigenvalue weighted by atomic mass is 32.2. The minimum atomic E-state index is -3.95. The number of ether oxygens (including phenoxy) is 1. The van der Waals surface area contributed by atoms with Crippen LogP contribution in [0.2, 0.25) is 0 Å². The number of sulfonamides is 1. The SMILES string of the molecule is CCCc1ccc(NS(=O)(=O)c2ccccn2)c(C(=O)OCc2ccccc2)c1C. The van der Waals surface area contributed by atoms with Crippen LogP contribution in [-0.4, -0.2) is 19.4 Å². The van der Waals surface area contributed by atoms with Gasteiger partial charge in [-0.15, -0.1) is 0 Å². The number of nitrogens with one attached hydrogen (secondary N) is 1. The Labute approximate surface area is 177 Å². The monoisotopic (exact) mass is 424 g/mol. The fraction of sp³-hybridized carbons (Fsp3) is 0.217. The first-order valence-electron chi connectivity index (χ1n) is 9.69. The molecule has 1 N–H and O–H groups in total. The molecule has 0 saturated heterocycles. The van der Waals surface area contributed by atoms with Gasteiger partial charge in [-0.05, 0) is 48.2 Å². The number of nitrogens with zero attached hydrogens (tertiary/aromatic N) is 1. The molecule has 0 radical (unpaired) electrons. The third kappa shape index (κ3) is 5.04. The summed E-state index contributed by atoms with van der Waals surface area (Å²) in [4.78, 5) is 16.9. The highest BCUT2D eigenvalue weighted by molar-refractivity contribution is 7.92. The van der Waals surface area contributed by atoms with E-state index in [1.807, 2.05) is 50.2 Å². The van der Waals surface area contributed by atoms with Crippen LogP contribution in [0.25, 0.3) is 0 Å². The largest absolute Gasteiger partial charge is 0.457 e. The van der Waals surface area contributed by atoms with E-state index < -0.39 is 16.0 Å². The molecule has 0 amide bonds. The fourth-order valence-corrected chi connectivity index (χ4v) is 4.16. The van der Waals surface area contributed by atoms with Crippen molar-refractivity contribution in [3.05, 3.63) is 89.1 Å². The normalized spacial score (nSPS) is 11.1. The van der Waals surface area contributed by atoms with Crippen LogP contribution in [0, 0.1) is 6.92 Å². The molecule has 0 aliphatic rings. The van der Waals surface area contributed by atoms with E-state index in [-0.39, 0.29) is 22.9 Å². The van der Waals surface area contributed by atoms with Crippen LogP contribution in [-0.2, 0) is 27.8 Å². The number of esters is 1. The van der Waals surface area contributed by atoms with E-state index >= 15 is 0 Å². The molecule has 0 aliphatic carbocycles. The molecule has 0 fully saturated rings. The number of benzene rings is 2. The van der Waals surface area contributed by atoms with Crippen LogP contribution in [0.4, 0.5) is 5.69 Å². The molecular formula is C23H24N2O4S. The van der Waals surface area contributed by atoms with Crippen molar-refractivity contribution in [2.45, 2.75) is 38.3 Å². The second-order valence-electron chi connectivity index (χ2n) is 6.86. The van der Waals surface area contributed by atoms with Gasteiger partial charge in [-0.3, -0.25) is 4.72 Å². The van der Waals surface area contributed by atoms with E-state index in [9.17, 15) is 13.2 Å². The number of hydrogen-bond donors (Lipinski definition) is 1. The number of hydrogen-bond acceptors (Lipinski definition) is 5. The summed E-state index contributed by atoms with van der Waals surface area (Å²) >= 11 is 0. The summed E-state index contributed by atoms with van der Waals surface area (Å²) in [6, 6.07) is 17.4. The molecule has 156 valence electrons. The topological polar surface area (TPSA) is 85.4 Å². The zero-order valence-electron chi connectivity index (χ0n) is 17.0. The highest BCUT2D eigenvalue weighted by Crippen LogP contribution is 2.27. The molecular weight excluding hydrogens is 400 g/mol. The smallest absolute Gasteiger partial charge is 0.340 e. The van der Waals surface area contributed by atoms with E-state index in [2.05, 4.69) is 9.71 Å². The molecule has 0 unspecified atom stereocenters. The third-order valence-electron chi connectivity index (χ3n) is 4.67. The minimum absolute atomic E-state index is 0.101. The van der Waals surface area contributed by atoms with Crippen LogP contribution in [0.5, 0.6) is 0 Å². The average molecular weight is 425 g/mol. The lowest BCUT2D eigenvalue weighted by molar-refractivity contribution is 0.0473. The number of carbonyl (C=O) groups excluding carboxylic acids is 1. The quantitative estimate of drug-likeness (QED) is 0.538. The Morgan fingerprint density at radius 1 is 1.03 bits per heavy atom. The Balaban J connectivity index is 1.94. The second kappa shape index (κ2) is 9.54. The van der Waals surface area contributed by atoms with Gasteiger partial charge in [0.05, 0.1) is 11.3 Å². The van der Waals surface area contributed by atoms with E-state index in [1.165, 1.54) is 12.3 Å². The second-order valence-corrected chi connectivity index (χ2v) is 8.49. The van der Waals surface area contributed by atoms with Crippen LogP contribution >= 0.6 is 0 Å². The van der Waals surface area contributed by atoms with E-state index in [1.54, 1.807) is 18.2 Å². The maximum Gasteiger partial charge on any atom is 0.340 e. The number of rotatable bonds is 8. The van der Waals surface area contributed by atoms with Gasteiger partial charge in [0.1, 0.15) is 6.61 Å². The molecule has 3 aromatic rings. The maximum atomic E-state index is 13.0. The van der Waals surface area contributed by atoms with Gasteiger partial charge in [-0.2, -0.15) is 8.42 Å². The Hall–Kier alpha value is -3.19. The molecule has 0 aliphatic heterocycles. The first-order valence-corrected chi connectivity index (χ1v) is 11.2. The first-order chi connectivity index (χ1) is 14.4. The van der Waals surface area contributed by atoms with Gasteiger partial charge in [-0.1, -0.05) is 55.8 Å². The van der Waals surface area contributed by atoms with Gasteiger partial charge < -0.3 is 4.74 Å². The maximum absolute atomic E-state index is 13.0. The summed E-state index contributed by atoms with van der Waals surface area (Å²) in [5.74, 6) is -0.576. The van der Waals surface area contributed by atoms with Crippen molar-refractivity contribution in [3.8, 4) is 0 Å². The van der Waals surface area contributed by atoms with Gasteiger partial charge in [0.25, 0.3) is 10.0 Å². The molecule has 7 heteroatoms. The van der Waals surface area contributed by atoms with Gasteiger partial charge in [0.2, 0.25) is 0 Å². The molecule has 1 aromatic heterocycles. The Morgan fingerprint density at radius 3 is 2.43 bits per heavy atom. The number of anilines is 1. The number of aryl methyl sites for hydroxylation is 1. The molecule has 6 nitrogen and oxygen atoms in total. The average Bonchev–Trinajstić information content (AvgIpc) is 2.75. The first kappa shape index (κ1) is 21.5. The van der Waals surface area contributed by atoms with Crippen molar-refractivity contribution in [1.29, 1.82) is 0 Å². The Morgan fingerprint density at radius 2 is 1.77 bits per heavy atom. The summed E-state index contributed by atoms with van der Waals surface area (Å²) in [6.07, 6.45) is 3.08. The predicted octanol–water partition coefficient (Wildman–Crippen LogP) is 4.50. The van der Waals surface area contributed by atoms with Crippen molar-refractivity contribution >= 4 is 21.7 Å². The van der Waals surface area contributed by atoms with Crippen LogP contribution < -0.4 is 4.72 Å². The molecule has 0 atom stereocenters. The van der Waals surface area contributed by atoms with Gasteiger partial charge >= 0.3 is 5.97 Å². The molecule has 2 aromatic carbocycles. The molecule has 0 spiro atoms. The lowest BCUT2D eigenvalue weighted by Gasteiger charge is -2.17. The van der Waals surface area contributed by atoms with E-state index in [0.717, 1.165) is 24.0 Å². The summed E-state index contributed by atoms with van der Waals surface area (Å²) < 4.78 is 33.5. The minimum Gasteiger partial charge on any atom is -0.457 e. The number of aromatic nitrogens is 1. The van der Waals surface area contributed by atoms with Crippen molar-refractivity contribution < 1.29 is 17.9 Å². The summed E-state index contributed by atoms with van der Waals surface area (Å²) in [6.45, 7) is 3.96. The molecule has 0 bridgehead atoms. The zero-order chi connectivity index (χ0) is 21.6. The lowest BCUT2D eigenvalue weighted by atomic mass is 9.97. The molecule has 30 heavy (non-hydrogen) atoms. The Kier molecular flexibility index (Phi) is 6.84. The zero-order valence-corrected chi connectivity index (χ0v) is 17.8. The van der Waals surface area contributed by atoms with Crippen LogP contribution in [0.15, 0.2) is 71.9 Å². The number of carbonyl (C=O) groups is 1. The number of pyridine rings is 1. The van der Waals surface area contributed by atoms with Crippen molar-refractivity contribution in [3.63, 3.8) is 0 Å². The summed E-state index contributed by atoms with van der Waals surface area (Å²) in [7, 11) is -3.95. The summed E-state index contributed by atoms with van der Waals surface area (Å²) in [5.41, 5.74) is 2.93. The standard InChI is InChI=1S/C23H24N2O4S/c1-3-9-19-13-14-20(25-30(27,28)21-12-7-8-15-24-21)22(17(19)2)23(26)29-16-18-10-5-4-6-11-18/h4-8,10-15,25H,3,9,16H2,1-2H3. The third-order valence-corrected chi connectivity index (χ3v) is 5.95. The fourth-order valence-electron chi connectivity index (χ4n) is 3.14. The van der Waals surface area contributed by atoms with E-state index in [4.69, 9.17) is 4.74 Å². The summed E-state index contributed by atoms with van der Waals surface area (Å²) in [5, 5.41) is -0.121. The highest BCUT2D eigenvalue weighted by Gasteiger charge is 2.23. The lowest BCUT2D eigenvalue weighted by Crippen LogP contribution is -2.19. The molecule has 1 heterocycles. The molecule has 0 saturated carbocycles.